The molecule has 1 aliphatic rings. The van der Waals surface area contributed by atoms with Crippen molar-refractivity contribution in [2.45, 2.75) is 31.8 Å². The molecular weight excluding hydrogens is 393 g/mol. The Morgan fingerprint density at radius 1 is 1.21 bits per heavy atom. The number of aliphatic hydroxyl groups excluding tert-OH is 1. The molecule has 5 nitrogen and oxygen atoms in total. The fourth-order valence-electron chi connectivity index (χ4n) is 3.68. The first-order valence-corrected chi connectivity index (χ1v) is 9.99. The Morgan fingerprint density at radius 2 is 1.97 bits per heavy atom. The summed E-state index contributed by atoms with van der Waals surface area (Å²) in [6, 6.07) is 13.0. The Bertz CT molecular complexity index is 1030. The molecule has 0 aliphatic heterocycles. The van der Waals surface area contributed by atoms with Gasteiger partial charge in [-0.05, 0) is 67.6 Å². The van der Waals surface area contributed by atoms with Crippen LogP contribution in [0.5, 0.6) is 0 Å². The van der Waals surface area contributed by atoms with Crippen LogP contribution in [0.25, 0.3) is 5.69 Å². The van der Waals surface area contributed by atoms with E-state index < -0.39 is 6.10 Å². The average molecular weight is 414 g/mol. The number of aliphatic hydroxyl groups is 1. The summed E-state index contributed by atoms with van der Waals surface area (Å²) in [7, 11) is 0. The van der Waals surface area contributed by atoms with Gasteiger partial charge in [-0.1, -0.05) is 23.7 Å². The Morgan fingerprint density at radius 3 is 2.72 bits per heavy atom. The highest BCUT2D eigenvalue weighted by molar-refractivity contribution is 6.30. The van der Waals surface area contributed by atoms with Crippen molar-refractivity contribution in [3.05, 3.63) is 81.9 Å². The number of hydrogen-bond donors (Lipinski definition) is 2. The van der Waals surface area contributed by atoms with Crippen LogP contribution in [0, 0.1) is 5.82 Å². The third kappa shape index (κ3) is 4.18. The molecule has 1 unspecified atom stereocenters. The highest BCUT2D eigenvalue weighted by Crippen LogP contribution is 2.27. The Kier molecular flexibility index (Phi) is 5.65. The molecule has 29 heavy (non-hydrogen) atoms. The van der Waals surface area contributed by atoms with Crippen LogP contribution in [0.15, 0.2) is 48.5 Å². The fourth-order valence-corrected chi connectivity index (χ4v) is 3.88. The molecule has 150 valence electrons. The van der Waals surface area contributed by atoms with Crippen LogP contribution in [0.4, 0.5) is 4.39 Å². The molecule has 0 saturated carbocycles. The number of carbonyl (C=O) groups is 1. The standard InChI is InChI=1S/C22H21ClFN3O2/c23-15-5-3-4-14(12-15)20(28)13-25-22(29)21-18-6-1-2-7-19(18)27(26-21)17-10-8-16(24)9-11-17/h3-5,8-12,20,28H,1-2,6-7,13H2,(H,25,29). The first-order valence-electron chi connectivity index (χ1n) is 9.61. The fraction of sp³-hybridized carbons (Fsp3) is 0.273. The minimum atomic E-state index is -0.868. The number of carbonyl (C=O) groups excluding carboxylic acids is 1. The van der Waals surface area contributed by atoms with Crippen molar-refractivity contribution < 1.29 is 14.3 Å². The molecule has 1 aliphatic carbocycles. The lowest BCUT2D eigenvalue weighted by Crippen LogP contribution is -2.29. The molecule has 1 atom stereocenters. The zero-order valence-electron chi connectivity index (χ0n) is 15.7. The largest absolute Gasteiger partial charge is 0.387 e. The lowest BCUT2D eigenvalue weighted by atomic mass is 9.95. The van der Waals surface area contributed by atoms with E-state index in [9.17, 15) is 14.3 Å². The highest BCUT2D eigenvalue weighted by atomic mass is 35.5. The Labute approximate surface area is 173 Å². The summed E-state index contributed by atoms with van der Waals surface area (Å²) in [6.07, 6.45) is 2.74. The molecule has 0 radical (unpaired) electrons. The molecule has 0 saturated heterocycles. The normalized spacial score (nSPS) is 14.3. The third-order valence-corrected chi connectivity index (χ3v) is 5.39. The summed E-state index contributed by atoms with van der Waals surface area (Å²) in [5.74, 6) is -0.646. The number of nitrogens with one attached hydrogen (secondary N) is 1. The topological polar surface area (TPSA) is 67.2 Å². The maximum Gasteiger partial charge on any atom is 0.272 e. The summed E-state index contributed by atoms with van der Waals surface area (Å²) >= 11 is 5.96. The van der Waals surface area contributed by atoms with Gasteiger partial charge in [-0.15, -0.1) is 0 Å². The van der Waals surface area contributed by atoms with Crippen molar-refractivity contribution in [1.29, 1.82) is 0 Å². The first-order chi connectivity index (χ1) is 14.0. The van der Waals surface area contributed by atoms with E-state index in [0.29, 0.717) is 16.3 Å². The predicted molar refractivity (Wildman–Crippen MR) is 109 cm³/mol. The van der Waals surface area contributed by atoms with E-state index in [4.69, 9.17) is 11.6 Å². The maximum absolute atomic E-state index is 13.3. The second kappa shape index (κ2) is 8.35. The van der Waals surface area contributed by atoms with E-state index in [-0.39, 0.29) is 18.3 Å². The van der Waals surface area contributed by atoms with Gasteiger partial charge in [0.1, 0.15) is 5.82 Å². The summed E-state index contributed by atoms with van der Waals surface area (Å²) in [5.41, 5.74) is 3.64. The Balaban J connectivity index is 1.56. The highest BCUT2D eigenvalue weighted by Gasteiger charge is 2.26. The van der Waals surface area contributed by atoms with Crippen LogP contribution in [0.3, 0.4) is 0 Å². The van der Waals surface area contributed by atoms with E-state index in [2.05, 4.69) is 10.4 Å². The minimum Gasteiger partial charge on any atom is -0.387 e. The van der Waals surface area contributed by atoms with Crippen LogP contribution in [-0.4, -0.2) is 27.3 Å². The number of aromatic nitrogens is 2. The van der Waals surface area contributed by atoms with Crippen molar-refractivity contribution in [1.82, 2.24) is 15.1 Å². The van der Waals surface area contributed by atoms with E-state index in [1.807, 2.05) is 0 Å². The zero-order chi connectivity index (χ0) is 20.4. The second-order valence-electron chi connectivity index (χ2n) is 7.15. The van der Waals surface area contributed by atoms with E-state index in [0.717, 1.165) is 42.6 Å². The minimum absolute atomic E-state index is 0.0529. The monoisotopic (exact) mass is 413 g/mol. The molecule has 0 bridgehead atoms. The van der Waals surface area contributed by atoms with Gasteiger partial charge < -0.3 is 10.4 Å². The summed E-state index contributed by atoms with van der Waals surface area (Å²) in [4.78, 5) is 12.8. The van der Waals surface area contributed by atoms with Gasteiger partial charge in [-0.2, -0.15) is 5.10 Å². The van der Waals surface area contributed by atoms with Gasteiger partial charge >= 0.3 is 0 Å². The zero-order valence-corrected chi connectivity index (χ0v) is 16.5. The smallest absolute Gasteiger partial charge is 0.272 e. The number of nitrogens with zero attached hydrogens (tertiary/aromatic N) is 2. The number of amides is 1. The summed E-state index contributed by atoms with van der Waals surface area (Å²) in [6.45, 7) is 0.0529. The van der Waals surface area contributed by atoms with Crippen molar-refractivity contribution in [3.63, 3.8) is 0 Å². The van der Waals surface area contributed by atoms with Crippen LogP contribution in [0.2, 0.25) is 5.02 Å². The van der Waals surface area contributed by atoms with Gasteiger partial charge in [0.05, 0.1) is 11.8 Å². The van der Waals surface area contributed by atoms with Crippen molar-refractivity contribution in [2.75, 3.05) is 6.54 Å². The third-order valence-electron chi connectivity index (χ3n) is 5.16. The van der Waals surface area contributed by atoms with Crippen LogP contribution >= 0.6 is 11.6 Å². The first kappa shape index (κ1) is 19.6. The second-order valence-corrected chi connectivity index (χ2v) is 7.59. The molecule has 0 fully saturated rings. The number of halogens is 2. The quantitative estimate of drug-likeness (QED) is 0.664. The molecule has 1 heterocycles. The summed E-state index contributed by atoms with van der Waals surface area (Å²) in [5, 5.41) is 18.2. The number of fused-ring (bicyclic) bond motifs is 1. The summed E-state index contributed by atoms with van der Waals surface area (Å²) < 4.78 is 15.0. The van der Waals surface area contributed by atoms with Crippen LogP contribution in [0.1, 0.15) is 46.3 Å². The maximum atomic E-state index is 13.3. The predicted octanol–water partition coefficient (Wildman–Crippen LogP) is 4.01. The van der Waals surface area contributed by atoms with Gasteiger partial charge in [0.2, 0.25) is 0 Å². The van der Waals surface area contributed by atoms with E-state index >= 15 is 0 Å². The van der Waals surface area contributed by atoms with Crippen molar-refractivity contribution >= 4 is 17.5 Å². The molecule has 1 amide bonds. The molecule has 2 aromatic carbocycles. The molecular formula is C22H21ClFN3O2. The number of rotatable bonds is 5. The average Bonchev–Trinajstić information content (AvgIpc) is 3.12. The molecule has 3 aromatic rings. The Hall–Kier alpha value is -2.70. The molecule has 4 rings (SSSR count). The lowest BCUT2D eigenvalue weighted by Gasteiger charge is -2.15. The van der Waals surface area contributed by atoms with E-state index in [1.165, 1.54) is 12.1 Å². The van der Waals surface area contributed by atoms with Crippen LogP contribution < -0.4 is 5.32 Å². The lowest BCUT2D eigenvalue weighted by molar-refractivity contribution is 0.0910. The molecule has 7 heteroatoms. The molecule has 0 spiro atoms. The van der Waals surface area contributed by atoms with Gasteiger partial charge in [0.15, 0.2) is 5.69 Å². The van der Waals surface area contributed by atoms with Gasteiger partial charge in [-0.3, -0.25) is 4.79 Å². The number of benzene rings is 2. The van der Waals surface area contributed by atoms with Gasteiger partial charge in [0, 0.05) is 22.8 Å². The van der Waals surface area contributed by atoms with Crippen molar-refractivity contribution in [3.8, 4) is 5.69 Å². The van der Waals surface area contributed by atoms with Gasteiger partial charge in [-0.25, -0.2) is 9.07 Å². The van der Waals surface area contributed by atoms with Crippen molar-refractivity contribution in [2.24, 2.45) is 0 Å². The molecule has 2 N–H and O–H groups in total. The van der Waals surface area contributed by atoms with Gasteiger partial charge in [0.25, 0.3) is 5.91 Å². The number of hydrogen-bond acceptors (Lipinski definition) is 3. The molecule has 1 aromatic heterocycles. The van der Waals surface area contributed by atoms with E-state index in [1.54, 1.807) is 41.1 Å². The van der Waals surface area contributed by atoms with Crippen LogP contribution in [-0.2, 0) is 12.8 Å². The SMILES string of the molecule is O=C(NCC(O)c1cccc(Cl)c1)c1nn(-c2ccc(F)cc2)c2c1CCCC2.